The van der Waals surface area contributed by atoms with E-state index in [2.05, 4.69) is 15.9 Å². The summed E-state index contributed by atoms with van der Waals surface area (Å²) in [5, 5.41) is 10.5. The number of carbonyl (C=O) groups is 1. The molecule has 0 aliphatic rings. The van der Waals surface area contributed by atoms with Crippen LogP contribution in [0.15, 0.2) is 20.1 Å². The minimum Gasteiger partial charge on any atom is -0.480 e. The first-order chi connectivity index (χ1) is 7.15. The Kier molecular flexibility index (Phi) is 5.66. The van der Waals surface area contributed by atoms with E-state index in [4.69, 9.17) is 9.84 Å². The summed E-state index contributed by atoms with van der Waals surface area (Å²) in [6, 6.07) is 1.92. The van der Waals surface area contributed by atoms with Gasteiger partial charge in [-0.2, -0.15) is 0 Å². The molecule has 1 unspecified atom stereocenters. The standard InChI is InChI=1S/C9H11BrO3S2/c1-13-4-2-7(8(11)12)15-9-6(10)3-5-14-9/h3,5,7H,2,4H2,1H3,(H,11,12). The summed E-state index contributed by atoms with van der Waals surface area (Å²) in [6.45, 7) is 0.465. The number of aliphatic carboxylic acids is 1. The van der Waals surface area contributed by atoms with Crippen molar-refractivity contribution < 1.29 is 14.6 Å². The van der Waals surface area contributed by atoms with Gasteiger partial charge in [0.05, 0.1) is 4.21 Å². The van der Waals surface area contributed by atoms with E-state index in [1.165, 1.54) is 11.8 Å². The van der Waals surface area contributed by atoms with Gasteiger partial charge in [0.15, 0.2) is 0 Å². The van der Waals surface area contributed by atoms with Crippen LogP contribution >= 0.6 is 39.0 Å². The van der Waals surface area contributed by atoms with E-state index >= 15 is 0 Å². The first kappa shape index (κ1) is 13.0. The number of methoxy groups -OCH3 is 1. The zero-order valence-electron chi connectivity index (χ0n) is 8.10. The van der Waals surface area contributed by atoms with Gasteiger partial charge >= 0.3 is 5.97 Å². The van der Waals surface area contributed by atoms with Gasteiger partial charge in [-0.1, -0.05) is 11.8 Å². The molecule has 6 heteroatoms. The lowest BCUT2D eigenvalue weighted by Gasteiger charge is -2.10. The summed E-state index contributed by atoms with van der Waals surface area (Å²) in [7, 11) is 1.57. The maximum Gasteiger partial charge on any atom is 0.317 e. The van der Waals surface area contributed by atoms with Crippen LogP contribution in [0.1, 0.15) is 6.42 Å². The van der Waals surface area contributed by atoms with E-state index in [9.17, 15) is 4.79 Å². The fourth-order valence-electron chi connectivity index (χ4n) is 0.951. The molecule has 0 bridgehead atoms. The molecule has 1 heterocycles. The molecule has 0 fully saturated rings. The van der Waals surface area contributed by atoms with Gasteiger partial charge in [-0.3, -0.25) is 4.79 Å². The van der Waals surface area contributed by atoms with Crippen molar-refractivity contribution in [1.29, 1.82) is 0 Å². The van der Waals surface area contributed by atoms with Gasteiger partial charge in [-0.25, -0.2) is 0 Å². The first-order valence-electron chi connectivity index (χ1n) is 4.26. The van der Waals surface area contributed by atoms with Gasteiger partial charge in [-0.15, -0.1) is 11.3 Å². The van der Waals surface area contributed by atoms with E-state index in [0.717, 1.165) is 8.68 Å². The Morgan fingerprint density at radius 1 is 1.80 bits per heavy atom. The smallest absolute Gasteiger partial charge is 0.317 e. The van der Waals surface area contributed by atoms with Crippen LogP contribution in [0.25, 0.3) is 0 Å². The molecule has 1 rings (SSSR count). The first-order valence-corrected chi connectivity index (χ1v) is 6.81. The maximum atomic E-state index is 11.0. The number of ether oxygens (including phenoxy) is 1. The van der Waals surface area contributed by atoms with Crippen molar-refractivity contribution >= 4 is 45.0 Å². The summed E-state index contributed by atoms with van der Waals surface area (Å²) in [5.41, 5.74) is 0. The van der Waals surface area contributed by atoms with Crippen LogP contribution in [0, 0.1) is 0 Å². The largest absolute Gasteiger partial charge is 0.480 e. The molecular weight excluding hydrogens is 300 g/mol. The van der Waals surface area contributed by atoms with Crippen LogP contribution in [0.2, 0.25) is 0 Å². The highest BCUT2D eigenvalue weighted by Gasteiger charge is 2.20. The topological polar surface area (TPSA) is 46.5 Å². The minimum absolute atomic E-state index is 0.445. The number of carboxylic acid groups (broad SMARTS) is 1. The normalized spacial score (nSPS) is 12.7. The number of rotatable bonds is 6. The Morgan fingerprint density at radius 2 is 2.53 bits per heavy atom. The molecule has 0 saturated heterocycles. The van der Waals surface area contributed by atoms with Crippen molar-refractivity contribution in [2.75, 3.05) is 13.7 Å². The number of thioether (sulfide) groups is 1. The van der Waals surface area contributed by atoms with Crippen molar-refractivity contribution in [3.05, 3.63) is 15.9 Å². The van der Waals surface area contributed by atoms with Gasteiger partial charge in [0.25, 0.3) is 0 Å². The van der Waals surface area contributed by atoms with Crippen molar-refractivity contribution in [3.8, 4) is 0 Å². The fraction of sp³-hybridized carbons (Fsp3) is 0.444. The van der Waals surface area contributed by atoms with Crippen molar-refractivity contribution in [1.82, 2.24) is 0 Å². The van der Waals surface area contributed by atoms with E-state index in [1.807, 2.05) is 11.4 Å². The van der Waals surface area contributed by atoms with Crippen molar-refractivity contribution in [2.45, 2.75) is 15.9 Å². The molecule has 0 aliphatic carbocycles. The fourth-order valence-corrected chi connectivity index (χ4v) is 3.82. The molecule has 0 aromatic carbocycles. The van der Waals surface area contributed by atoms with E-state index < -0.39 is 11.2 Å². The second-order valence-corrected chi connectivity index (χ2v) is 6.02. The van der Waals surface area contributed by atoms with E-state index in [0.29, 0.717) is 13.0 Å². The molecule has 0 aliphatic heterocycles. The maximum absolute atomic E-state index is 11.0. The number of carboxylic acids is 1. The molecule has 0 spiro atoms. The summed E-state index contributed by atoms with van der Waals surface area (Å²) >= 11 is 6.28. The monoisotopic (exact) mass is 310 g/mol. The Bertz CT molecular complexity index is 327. The third-order valence-corrected chi connectivity index (χ3v) is 5.32. The number of halogens is 1. The highest BCUT2D eigenvalue weighted by atomic mass is 79.9. The lowest BCUT2D eigenvalue weighted by molar-refractivity contribution is -0.136. The summed E-state index contributed by atoms with van der Waals surface area (Å²) in [5.74, 6) is -0.794. The van der Waals surface area contributed by atoms with Gasteiger partial charge < -0.3 is 9.84 Å². The number of hydrogen-bond donors (Lipinski definition) is 1. The lowest BCUT2D eigenvalue weighted by atomic mass is 10.3. The van der Waals surface area contributed by atoms with Gasteiger partial charge in [-0.05, 0) is 33.8 Å². The average molecular weight is 311 g/mol. The van der Waals surface area contributed by atoms with Gasteiger partial charge in [0.1, 0.15) is 5.25 Å². The van der Waals surface area contributed by atoms with Crippen LogP contribution in [-0.4, -0.2) is 30.0 Å². The molecule has 1 aromatic heterocycles. The molecule has 15 heavy (non-hydrogen) atoms. The predicted molar refractivity (Wildman–Crippen MR) is 65.8 cm³/mol. The Hall–Kier alpha value is -0.0400. The molecule has 1 aromatic rings. The minimum atomic E-state index is -0.794. The quantitative estimate of drug-likeness (QED) is 0.820. The van der Waals surface area contributed by atoms with Crippen LogP contribution < -0.4 is 0 Å². The SMILES string of the molecule is COCCC(Sc1sccc1Br)C(=O)O. The van der Waals surface area contributed by atoms with Gasteiger partial charge in [0.2, 0.25) is 0 Å². The van der Waals surface area contributed by atoms with E-state index in [-0.39, 0.29) is 0 Å². The molecule has 3 nitrogen and oxygen atoms in total. The molecule has 0 radical (unpaired) electrons. The Labute approximate surface area is 105 Å². The molecular formula is C9H11BrO3S2. The third kappa shape index (κ3) is 4.14. The van der Waals surface area contributed by atoms with Crippen LogP contribution in [-0.2, 0) is 9.53 Å². The lowest BCUT2D eigenvalue weighted by Crippen LogP contribution is -2.17. The van der Waals surface area contributed by atoms with Crippen LogP contribution in [0.4, 0.5) is 0 Å². The summed E-state index contributed by atoms with van der Waals surface area (Å²) in [4.78, 5) is 11.0. The highest BCUT2D eigenvalue weighted by Crippen LogP contribution is 2.36. The van der Waals surface area contributed by atoms with E-state index in [1.54, 1.807) is 18.4 Å². The van der Waals surface area contributed by atoms with Crippen LogP contribution in [0.3, 0.4) is 0 Å². The Morgan fingerprint density at radius 3 is 3.00 bits per heavy atom. The van der Waals surface area contributed by atoms with Crippen LogP contribution in [0.5, 0.6) is 0 Å². The van der Waals surface area contributed by atoms with Crippen molar-refractivity contribution in [2.24, 2.45) is 0 Å². The predicted octanol–water partition coefficient (Wildman–Crippen LogP) is 3.09. The van der Waals surface area contributed by atoms with Crippen molar-refractivity contribution in [3.63, 3.8) is 0 Å². The molecule has 0 amide bonds. The third-order valence-electron chi connectivity index (χ3n) is 1.69. The van der Waals surface area contributed by atoms with Gasteiger partial charge in [0, 0.05) is 18.2 Å². The Balaban J connectivity index is 2.59. The average Bonchev–Trinajstić information content (AvgIpc) is 2.58. The zero-order valence-corrected chi connectivity index (χ0v) is 11.3. The number of thiophene rings is 1. The highest BCUT2D eigenvalue weighted by molar-refractivity contribution is 9.10. The summed E-state index contributed by atoms with van der Waals surface area (Å²) in [6.07, 6.45) is 0.515. The second kappa shape index (κ2) is 6.52. The molecule has 1 N–H and O–H groups in total. The number of hydrogen-bond acceptors (Lipinski definition) is 4. The molecule has 1 atom stereocenters. The second-order valence-electron chi connectivity index (χ2n) is 2.78. The summed E-state index contributed by atoms with van der Waals surface area (Å²) < 4.78 is 6.84. The zero-order chi connectivity index (χ0) is 11.3. The molecule has 84 valence electrons. The molecule has 0 saturated carbocycles.